The maximum Gasteiger partial charge on any atom is 0.255 e. The average Bonchev–Trinajstić information content (AvgIpc) is 2.29. The molecule has 1 aromatic carbocycles. The summed E-state index contributed by atoms with van der Waals surface area (Å²) in [6, 6.07) is 5.12. The summed E-state index contributed by atoms with van der Waals surface area (Å²) in [5, 5.41) is 3.16. The van der Waals surface area contributed by atoms with E-state index in [1.165, 1.54) is 4.90 Å². The van der Waals surface area contributed by atoms with E-state index < -0.39 is 0 Å². The summed E-state index contributed by atoms with van der Waals surface area (Å²) in [6.45, 7) is 5.65. The van der Waals surface area contributed by atoms with Crippen molar-refractivity contribution in [3.63, 3.8) is 0 Å². The highest BCUT2D eigenvalue weighted by molar-refractivity contribution is 9.10. The van der Waals surface area contributed by atoms with E-state index in [1.807, 2.05) is 20.8 Å². The molecule has 0 bridgehead atoms. The number of halogens is 2. The number of hydrogen-bond acceptors (Lipinski definition) is 2. The lowest BCUT2D eigenvalue weighted by molar-refractivity contribution is -0.122. The van der Waals surface area contributed by atoms with E-state index in [0.29, 0.717) is 15.1 Å². The summed E-state index contributed by atoms with van der Waals surface area (Å²) in [7, 11) is 1.57. The fraction of sp³-hybridized carbons (Fsp3) is 0.429. The van der Waals surface area contributed by atoms with Crippen LogP contribution in [0.3, 0.4) is 0 Å². The second-order valence-corrected chi connectivity index (χ2v) is 6.79. The molecule has 0 saturated heterocycles. The summed E-state index contributed by atoms with van der Waals surface area (Å²) in [5.74, 6) is -0.500. The van der Waals surface area contributed by atoms with E-state index >= 15 is 0 Å². The fourth-order valence-corrected chi connectivity index (χ4v) is 2.19. The van der Waals surface area contributed by atoms with Gasteiger partial charge in [0, 0.05) is 17.1 Å². The van der Waals surface area contributed by atoms with Crippen LogP contribution in [0.2, 0.25) is 5.02 Å². The molecule has 0 aliphatic carbocycles. The van der Waals surface area contributed by atoms with Gasteiger partial charge in [-0.2, -0.15) is 0 Å². The Morgan fingerprint density at radius 3 is 2.50 bits per heavy atom. The smallest absolute Gasteiger partial charge is 0.255 e. The van der Waals surface area contributed by atoms with Gasteiger partial charge in [0.25, 0.3) is 5.91 Å². The number of rotatable bonds is 3. The van der Waals surface area contributed by atoms with Gasteiger partial charge in [0.15, 0.2) is 0 Å². The number of carbonyl (C=O) groups is 2. The fourth-order valence-electron chi connectivity index (χ4n) is 1.62. The molecule has 6 heteroatoms. The van der Waals surface area contributed by atoms with Crippen LogP contribution >= 0.6 is 27.5 Å². The molecule has 1 rings (SSSR count). The Balaban J connectivity index is 2.77. The molecule has 0 spiro atoms. The van der Waals surface area contributed by atoms with Crippen molar-refractivity contribution in [2.24, 2.45) is 0 Å². The van der Waals surface area contributed by atoms with E-state index in [1.54, 1.807) is 25.2 Å². The number of nitrogens with one attached hydrogen (secondary N) is 1. The first kappa shape index (κ1) is 17.0. The van der Waals surface area contributed by atoms with E-state index in [2.05, 4.69) is 21.2 Å². The number of hydrogen-bond donors (Lipinski definition) is 1. The number of amides is 2. The van der Waals surface area contributed by atoms with Gasteiger partial charge in [0.1, 0.15) is 0 Å². The third-order valence-corrected chi connectivity index (χ3v) is 3.72. The molecule has 110 valence electrons. The van der Waals surface area contributed by atoms with E-state index in [-0.39, 0.29) is 23.9 Å². The molecule has 0 heterocycles. The van der Waals surface area contributed by atoms with Crippen LogP contribution in [-0.4, -0.2) is 35.8 Å². The van der Waals surface area contributed by atoms with E-state index in [9.17, 15) is 9.59 Å². The van der Waals surface area contributed by atoms with Gasteiger partial charge in [-0.3, -0.25) is 9.59 Å². The molecule has 20 heavy (non-hydrogen) atoms. The van der Waals surface area contributed by atoms with Gasteiger partial charge in [-0.15, -0.1) is 0 Å². The largest absolute Gasteiger partial charge is 0.350 e. The number of nitrogens with zero attached hydrogens (tertiary/aromatic N) is 1. The number of carbonyl (C=O) groups excluding carboxylic acids is 2. The molecule has 1 N–H and O–H groups in total. The Hall–Kier alpha value is -1.07. The molecule has 1 aromatic rings. The Bertz CT molecular complexity index is 526. The molecular formula is C14H18BrClN2O2. The Morgan fingerprint density at radius 1 is 1.35 bits per heavy atom. The average molecular weight is 362 g/mol. The van der Waals surface area contributed by atoms with Crippen molar-refractivity contribution in [2.45, 2.75) is 26.3 Å². The van der Waals surface area contributed by atoms with Crippen LogP contribution in [0.25, 0.3) is 0 Å². The first-order valence-electron chi connectivity index (χ1n) is 6.12. The predicted octanol–water partition coefficient (Wildman–Crippen LogP) is 3.09. The lowest BCUT2D eigenvalue weighted by Gasteiger charge is -2.23. The van der Waals surface area contributed by atoms with Gasteiger partial charge < -0.3 is 10.2 Å². The first-order chi connectivity index (χ1) is 9.11. The van der Waals surface area contributed by atoms with Crippen LogP contribution in [0.4, 0.5) is 0 Å². The molecule has 0 aromatic heterocycles. The highest BCUT2D eigenvalue weighted by atomic mass is 79.9. The molecule has 0 saturated carbocycles. The van der Waals surface area contributed by atoms with Gasteiger partial charge in [-0.1, -0.05) is 17.7 Å². The van der Waals surface area contributed by atoms with Crippen molar-refractivity contribution in [2.75, 3.05) is 13.6 Å². The minimum atomic E-state index is -0.325. The number of likely N-dealkylation sites (N-methyl/N-ethyl adjacent to an activating group) is 1. The minimum absolute atomic E-state index is 0.0149. The van der Waals surface area contributed by atoms with Crippen molar-refractivity contribution in [3.05, 3.63) is 33.3 Å². The van der Waals surface area contributed by atoms with Gasteiger partial charge in [0.05, 0.1) is 17.1 Å². The molecule has 2 amide bonds. The van der Waals surface area contributed by atoms with E-state index in [4.69, 9.17) is 11.6 Å². The van der Waals surface area contributed by atoms with E-state index in [0.717, 1.165) is 0 Å². The molecule has 0 fully saturated rings. The molecule has 0 aliphatic heterocycles. The van der Waals surface area contributed by atoms with Crippen LogP contribution in [0.5, 0.6) is 0 Å². The van der Waals surface area contributed by atoms with Crippen molar-refractivity contribution < 1.29 is 9.59 Å². The van der Waals surface area contributed by atoms with Gasteiger partial charge >= 0.3 is 0 Å². The van der Waals surface area contributed by atoms with Crippen molar-refractivity contribution >= 4 is 39.3 Å². The monoisotopic (exact) mass is 360 g/mol. The summed E-state index contributed by atoms with van der Waals surface area (Å²) in [6.07, 6.45) is 0. The maximum atomic E-state index is 12.3. The lowest BCUT2D eigenvalue weighted by atomic mass is 10.1. The highest BCUT2D eigenvalue weighted by Gasteiger charge is 2.20. The minimum Gasteiger partial charge on any atom is -0.350 e. The maximum absolute atomic E-state index is 12.3. The molecule has 4 nitrogen and oxygen atoms in total. The second kappa shape index (κ2) is 6.59. The summed E-state index contributed by atoms with van der Waals surface area (Å²) in [4.78, 5) is 25.4. The molecular weight excluding hydrogens is 344 g/mol. The van der Waals surface area contributed by atoms with Crippen LogP contribution in [-0.2, 0) is 4.79 Å². The molecule has 0 atom stereocenters. The standard InChI is InChI=1S/C14H18BrClN2O2/c1-14(2,3)17-11(19)8-18(4)13(20)9-6-5-7-10(15)12(9)16/h5-7H,8H2,1-4H3,(H,17,19). The van der Waals surface area contributed by atoms with Gasteiger partial charge in [0.2, 0.25) is 5.91 Å². The van der Waals surface area contributed by atoms with Crippen LogP contribution in [0.1, 0.15) is 31.1 Å². The zero-order chi connectivity index (χ0) is 15.5. The molecule has 0 aliphatic rings. The van der Waals surface area contributed by atoms with Crippen LogP contribution in [0.15, 0.2) is 22.7 Å². The van der Waals surface area contributed by atoms with Crippen LogP contribution < -0.4 is 5.32 Å². The third kappa shape index (κ3) is 4.80. The van der Waals surface area contributed by atoms with Gasteiger partial charge in [-0.05, 0) is 48.8 Å². The topological polar surface area (TPSA) is 49.4 Å². The third-order valence-electron chi connectivity index (χ3n) is 2.42. The first-order valence-corrected chi connectivity index (χ1v) is 7.29. The zero-order valence-corrected chi connectivity index (χ0v) is 14.3. The molecule has 0 unspecified atom stereocenters. The normalized spacial score (nSPS) is 11.1. The predicted molar refractivity (Wildman–Crippen MR) is 84.0 cm³/mol. The molecule has 0 radical (unpaired) electrons. The van der Waals surface area contributed by atoms with Gasteiger partial charge in [-0.25, -0.2) is 0 Å². The van der Waals surface area contributed by atoms with Crippen molar-refractivity contribution in [1.82, 2.24) is 10.2 Å². The SMILES string of the molecule is CN(CC(=O)NC(C)(C)C)C(=O)c1cccc(Br)c1Cl. The Kier molecular flexibility index (Phi) is 5.59. The second-order valence-electron chi connectivity index (χ2n) is 5.56. The lowest BCUT2D eigenvalue weighted by Crippen LogP contribution is -2.46. The quantitative estimate of drug-likeness (QED) is 0.899. The van der Waals surface area contributed by atoms with Crippen LogP contribution in [0, 0.1) is 0 Å². The summed E-state index contributed by atoms with van der Waals surface area (Å²) in [5.41, 5.74) is 0.0427. The highest BCUT2D eigenvalue weighted by Crippen LogP contribution is 2.26. The van der Waals surface area contributed by atoms with Crippen molar-refractivity contribution in [3.8, 4) is 0 Å². The zero-order valence-electron chi connectivity index (χ0n) is 12.0. The Labute approximate surface area is 132 Å². The summed E-state index contributed by atoms with van der Waals surface area (Å²) < 4.78 is 0.651. The number of benzene rings is 1. The van der Waals surface area contributed by atoms with Crippen molar-refractivity contribution in [1.29, 1.82) is 0 Å². The Morgan fingerprint density at radius 2 is 1.95 bits per heavy atom. The summed E-state index contributed by atoms with van der Waals surface area (Å²) >= 11 is 9.35.